The minimum atomic E-state index is -0.715. The number of carbonyl (C=O) groups excluding carboxylic acids is 3. The molecule has 0 bridgehead atoms. The Hall–Kier alpha value is -2.93. The molecule has 1 aliphatic rings. The van der Waals surface area contributed by atoms with Crippen LogP contribution in [0.2, 0.25) is 0 Å². The molecule has 0 unspecified atom stereocenters. The number of hydrogen-bond acceptors (Lipinski definition) is 6. The molecule has 2 heterocycles. The van der Waals surface area contributed by atoms with E-state index in [0.29, 0.717) is 12.0 Å². The number of rotatable bonds is 6. The molecule has 1 aromatic heterocycles. The molecule has 0 aliphatic carbocycles. The van der Waals surface area contributed by atoms with Crippen LogP contribution in [0, 0.1) is 0 Å². The molecule has 0 saturated carbocycles. The normalized spacial score (nSPS) is 18.5. The summed E-state index contributed by atoms with van der Waals surface area (Å²) in [5.41, 5.74) is 0.877. The Morgan fingerprint density at radius 1 is 1.18 bits per heavy atom. The van der Waals surface area contributed by atoms with Gasteiger partial charge in [-0.05, 0) is 18.6 Å². The van der Waals surface area contributed by atoms with Gasteiger partial charge in [-0.2, -0.15) is 0 Å². The number of likely N-dealkylation sites (tertiary alicyclic amines) is 1. The lowest BCUT2D eigenvalue weighted by molar-refractivity contribution is 0.0785. The third-order valence-corrected chi connectivity index (χ3v) is 5.45. The first-order chi connectivity index (χ1) is 13.6. The number of pyridine rings is 1. The van der Waals surface area contributed by atoms with Gasteiger partial charge >= 0.3 is 6.09 Å². The number of nitrogens with zero attached hydrogens (tertiary/aromatic N) is 2. The van der Waals surface area contributed by atoms with E-state index >= 15 is 0 Å². The number of ether oxygens (including phenoxy) is 1. The molecule has 2 aromatic rings. The van der Waals surface area contributed by atoms with Crippen molar-refractivity contribution in [2.75, 3.05) is 13.2 Å². The summed E-state index contributed by atoms with van der Waals surface area (Å²) in [6, 6.07) is 13.3. The minimum absolute atomic E-state index is 0.0561. The van der Waals surface area contributed by atoms with Crippen molar-refractivity contribution >= 4 is 28.8 Å². The van der Waals surface area contributed by atoms with Crippen LogP contribution in [0.5, 0.6) is 0 Å². The predicted octanol–water partition coefficient (Wildman–Crippen LogP) is 3.60. The molecule has 0 radical (unpaired) electrons. The van der Waals surface area contributed by atoms with Crippen molar-refractivity contribution in [2.24, 2.45) is 0 Å². The molecule has 1 aliphatic heterocycles. The van der Waals surface area contributed by atoms with Crippen molar-refractivity contribution in [1.82, 2.24) is 9.88 Å². The maximum Gasteiger partial charge on any atom is 0.410 e. The maximum absolute atomic E-state index is 12.9. The molecule has 144 valence electrons. The van der Waals surface area contributed by atoms with Gasteiger partial charge < -0.3 is 4.74 Å². The Kier molecular flexibility index (Phi) is 6.60. The van der Waals surface area contributed by atoms with Crippen LogP contribution in [0.3, 0.4) is 0 Å². The second-order valence-electron chi connectivity index (χ2n) is 6.24. The van der Waals surface area contributed by atoms with Gasteiger partial charge in [-0.15, -0.1) is 0 Å². The molecule has 1 fully saturated rings. The zero-order chi connectivity index (χ0) is 19.9. The standard InChI is InChI=1S/C21H20N2O4S/c1-2-12-27-21(26)23-14-16(28-20(25)15-8-4-3-5-9-15)13-18(23)19(24)17-10-6-7-11-22-17/h2-11,16,18H,1,12-14H2/t16-,18-/m0/s1. The fourth-order valence-corrected chi connectivity index (χ4v) is 4.11. The first kappa shape index (κ1) is 19.8. The van der Waals surface area contributed by atoms with Crippen molar-refractivity contribution in [3.63, 3.8) is 0 Å². The third-order valence-electron chi connectivity index (χ3n) is 4.33. The highest BCUT2D eigenvalue weighted by Gasteiger charge is 2.42. The van der Waals surface area contributed by atoms with E-state index in [0.717, 1.165) is 11.8 Å². The van der Waals surface area contributed by atoms with Crippen LogP contribution in [0.1, 0.15) is 27.3 Å². The first-order valence-electron chi connectivity index (χ1n) is 8.85. The van der Waals surface area contributed by atoms with Crippen molar-refractivity contribution < 1.29 is 19.1 Å². The number of aromatic nitrogens is 1. The van der Waals surface area contributed by atoms with Crippen LogP contribution in [-0.2, 0) is 4.74 Å². The number of thioether (sulfide) groups is 1. The van der Waals surface area contributed by atoms with Crippen LogP contribution in [0.25, 0.3) is 0 Å². The number of amides is 1. The van der Waals surface area contributed by atoms with E-state index in [1.807, 2.05) is 6.07 Å². The second kappa shape index (κ2) is 9.32. The zero-order valence-corrected chi connectivity index (χ0v) is 16.0. The number of benzene rings is 1. The lowest BCUT2D eigenvalue weighted by Crippen LogP contribution is -2.41. The fourth-order valence-electron chi connectivity index (χ4n) is 3.02. The van der Waals surface area contributed by atoms with Gasteiger partial charge in [-0.25, -0.2) is 4.79 Å². The van der Waals surface area contributed by atoms with Crippen LogP contribution in [0.15, 0.2) is 67.4 Å². The van der Waals surface area contributed by atoms with E-state index in [9.17, 15) is 14.4 Å². The molecule has 3 rings (SSSR count). The van der Waals surface area contributed by atoms with Crippen molar-refractivity contribution in [2.45, 2.75) is 17.7 Å². The number of ketones is 1. The van der Waals surface area contributed by atoms with Crippen molar-refractivity contribution in [3.8, 4) is 0 Å². The van der Waals surface area contributed by atoms with Gasteiger partial charge in [0.2, 0.25) is 10.9 Å². The topological polar surface area (TPSA) is 76.6 Å². The maximum atomic E-state index is 12.9. The monoisotopic (exact) mass is 396 g/mol. The molecule has 0 N–H and O–H groups in total. The average molecular weight is 396 g/mol. The van der Waals surface area contributed by atoms with Gasteiger partial charge in [0, 0.05) is 23.6 Å². The SMILES string of the molecule is C=CCOC(=O)N1C[C@@H](SC(=O)c2ccccc2)C[C@H]1C(=O)c1ccccn1. The van der Waals surface area contributed by atoms with Crippen LogP contribution < -0.4 is 0 Å². The highest BCUT2D eigenvalue weighted by molar-refractivity contribution is 8.14. The summed E-state index contributed by atoms with van der Waals surface area (Å²) in [7, 11) is 0. The Morgan fingerprint density at radius 3 is 2.61 bits per heavy atom. The summed E-state index contributed by atoms with van der Waals surface area (Å²) in [6.45, 7) is 3.84. The van der Waals surface area contributed by atoms with E-state index in [4.69, 9.17) is 4.74 Å². The highest BCUT2D eigenvalue weighted by Crippen LogP contribution is 2.31. The van der Waals surface area contributed by atoms with Crippen molar-refractivity contribution in [3.05, 3.63) is 78.6 Å². The lowest BCUT2D eigenvalue weighted by Gasteiger charge is -2.22. The summed E-state index contributed by atoms with van der Waals surface area (Å²) < 4.78 is 5.13. The van der Waals surface area contributed by atoms with Crippen LogP contribution >= 0.6 is 11.8 Å². The molecule has 0 spiro atoms. The van der Waals surface area contributed by atoms with Gasteiger partial charge in [-0.1, -0.05) is 60.8 Å². The average Bonchev–Trinajstić information content (AvgIpc) is 3.16. The third kappa shape index (κ3) is 4.67. The van der Waals surface area contributed by atoms with E-state index in [1.165, 1.54) is 17.2 Å². The van der Waals surface area contributed by atoms with Gasteiger partial charge in [0.05, 0.1) is 0 Å². The summed E-state index contributed by atoms with van der Waals surface area (Å²) in [5, 5.41) is -0.294. The molecular formula is C21H20N2O4S. The quantitative estimate of drug-likeness (QED) is 0.548. The second-order valence-corrected chi connectivity index (χ2v) is 7.52. The first-order valence-corrected chi connectivity index (χ1v) is 9.73. The Bertz CT molecular complexity index is 857. The molecule has 1 aromatic carbocycles. The van der Waals surface area contributed by atoms with Gasteiger partial charge in [-0.3, -0.25) is 19.5 Å². The lowest BCUT2D eigenvalue weighted by atomic mass is 10.1. The van der Waals surface area contributed by atoms with Gasteiger partial charge in [0.15, 0.2) is 0 Å². The number of hydrogen-bond donors (Lipinski definition) is 0. The summed E-state index contributed by atoms with van der Waals surface area (Å²) >= 11 is 1.14. The molecule has 1 saturated heterocycles. The zero-order valence-electron chi connectivity index (χ0n) is 15.2. The largest absolute Gasteiger partial charge is 0.445 e. The molecule has 6 nitrogen and oxygen atoms in total. The van der Waals surface area contributed by atoms with Gasteiger partial charge in [0.25, 0.3) is 0 Å². The Labute approximate surface area is 167 Å². The van der Waals surface area contributed by atoms with Gasteiger partial charge in [0.1, 0.15) is 18.3 Å². The molecule has 1 amide bonds. The summed E-state index contributed by atoms with van der Waals surface area (Å²) in [4.78, 5) is 43.3. The molecule has 28 heavy (non-hydrogen) atoms. The predicted molar refractivity (Wildman–Crippen MR) is 107 cm³/mol. The summed E-state index contributed by atoms with van der Waals surface area (Å²) in [6.07, 6.45) is 2.77. The Balaban J connectivity index is 1.76. The van der Waals surface area contributed by atoms with Crippen LogP contribution in [0.4, 0.5) is 4.79 Å². The minimum Gasteiger partial charge on any atom is -0.445 e. The van der Waals surface area contributed by atoms with E-state index < -0.39 is 12.1 Å². The fraction of sp³-hybridized carbons (Fsp3) is 0.238. The Morgan fingerprint density at radius 2 is 1.93 bits per heavy atom. The molecule has 2 atom stereocenters. The van der Waals surface area contributed by atoms with Crippen LogP contribution in [-0.4, -0.2) is 51.3 Å². The molecule has 7 heteroatoms. The number of carbonyl (C=O) groups is 3. The van der Waals surface area contributed by atoms with E-state index in [-0.39, 0.29) is 35.0 Å². The molecular weight excluding hydrogens is 376 g/mol. The number of Topliss-reactive ketones (excluding diaryl/α,β-unsaturated/α-hetero) is 1. The van der Waals surface area contributed by atoms with E-state index in [2.05, 4.69) is 11.6 Å². The van der Waals surface area contributed by atoms with E-state index in [1.54, 1.807) is 42.5 Å². The highest BCUT2D eigenvalue weighted by atomic mass is 32.2. The smallest absolute Gasteiger partial charge is 0.410 e. The van der Waals surface area contributed by atoms with Crippen molar-refractivity contribution in [1.29, 1.82) is 0 Å². The summed E-state index contributed by atoms with van der Waals surface area (Å²) in [5.74, 6) is -0.258.